The van der Waals surface area contributed by atoms with E-state index in [9.17, 15) is 19.2 Å². The lowest BCUT2D eigenvalue weighted by Gasteiger charge is -2.04. The number of ether oxygens (including phenoxy) is 2. The van der Waals surface area contributed by atoms with Crippen LogP contribution in [0.1, 0.15) is 0 Å². The second-order valence-electron chi connectivity index (χ2n) is 3.33. The van der Waals surface area contributed by atoms with Gasteiger partial charge in [0.15, 0.2) is 0 Å². The van der Waals surface area contributed by atoms with Crippen LogP contribution in [0.5, 0.6) is 0 Å². The van der Waals surface area contributed by atoms with Crippen LogP contribution in [-0.4, -0.2) is 35.2 Å². The fraction of sp³-hybridized carbons (Fsp3) is 0.273. The van der Waals surface area contributed by atoms with Gasteiger partial charge in [0.05, 0.1) is 13.7 Å². The van der Waals surface area contributed by atoms with Gasteiger partial charge in [0.2, 0.25) is 0 Å². The number of aromatic nitrogens is 2. The van der Waals surface area contributed by atoms with Gasteiger partial charge in [0.1, 0.15) is 6.61 Å². The van der Waals surface area contributed by atoms with Crippen molar-refractivity contribution in [2.45, 2.75) is 6.54 Å². The Hall–Kier alpha value is -2.64. The van der Waals surface area contributed by atoms with Gasteiger partial charge >= 0.3 is 17.6 Å². The van der Waals surface area contributed by atoms with Gasteiger partial charge in [-0.05, 0) is 0 Å². The molecule has 102 valence electrons. The second kappa shape index (κ2) is 6.94. The molecule has 0 unspecified atom stereocenters. The lowest BCUT2D eigenvalue weighted by Crippen LogP contribution is -2.30. The Morgan fingerprint density at radius 3 is 2.63 bits per heavy atom. The maximum Gasteiger partial charge on any atom is 0.331 e. The molecule has 1 heterocycles. The molecule has 0 radical (unpaired) electrons. The largest absolute Gasteiger partial charge is 0.466 e. The van der Waals surface area contributed by atoms with Crippen LogP contribution in [0, 0.1) is 0 Å². The monoisotopic (exact) mass is 268 g/mol. The van der Waals surface area contributed by atoms with E-state index in [1.807, 2.05) is 0 Å². The summed E-state index contributed by atoms with van der Waals surface area (Å²) < 4.78 is 10.2. The topological polar surface area (TPSA) is 107 Å². The minimum Gasteiger partial charge on any atom is -0.466 e. The number of hydrogen-bond donors (Lipinski definition) is 1. The van der Waals surface area contributed by atoms with E-state index < -0.39 is 23.2 Å². The third kappa shape index (κ3) is 5.02. The van der Waals surface area contributed by atoms with Crippen LogP contribution >= 0.6 is 0 Å². The number of nitrogens with zero attached hydrogens (tertiary/aromatic N) is 1. The molecule has 0 bridgehead atoms. The Balaban J connectivity index is 2.44. The maximum absolute atomic E-state index is 11.3. The number of hydrogen-bond acceptors (Lipinski definition) is 6. The van der Waals surface area contributed by atoms with Crippen molar-refractivity contribution in [1.29, 1.82) is 0 Å². The minimum atomic E-state index is -0.733. The molecule has 0 aliphatic heterocycles. The molecular formula is C11H12N2O6. The van der Waals surface area contributed by atoms with E-state index in [-0.39, 0.29) is 13.2 Å². The Morgan fingerprint density at radius 2 is 2.00 bits per heavy atom. The van der Waals surface area contributed by atoms with E-state index in [1.165, 1.54) is 23.9 Å². The number of rotatable bonds is 5. The second-order valence-corrected chi connectivity index (χ2v) is 3.33. The van der Waals surface area contributed by atoms with Crippen molar-refractivity contribution < 1.29 is 19.1 Å². The molecule has 0 spiro atoms. The molecule has 8 nitrogen and oxygen atoms in total. The van der Waals surface area contributed by atoms with Crippen molar-refractivity contribution in [1.82, 2.24) is 9.55 Å². The molecule has 0 fully saturated rings. The molecule has 0 saturated heterocycles. The number of methoxy groups -OCH3 is 1. The number of esters is 2. The lowest BCUT2D eigenvalue weighted by atomic mass is 10.5. The normalized spacial score (nSPS) is 10.4. The summed E-state index contributed by atoms with van der Waals surface area (Å²) in [6.07, 6.45) is 3.13. The summed E-state index contributed by atoms with van der Waals surface area (Å²) in [6.45, 7) is 0.0176. The van der Waals surface area contributed by atoms with Gasteiger partial charge in [-0.25, -0.2) is 14.4 Å². The molecular weight excluding hydrogens is 256 g/mol. The number of aromatic amines is 1. The van der Waals surface area contributed by atoms with Crippen molar-refractivity contribution in [2.24, 2.45) is 0 Å². The first kappa shape index (κ1) is 14.4. The van der Waals surface area contributed by atoms with Crippen molar-refractivity contribution in [3.63, 3.8) is 0 Å². The summed E-state index contributed by atoms with van der Waals surface area (Å²) in [6, 6.07) is 1.18. The predicted octanol–water partition coefficient (Wildman–Crippen LogP) is -1.19. The molecule has 0 aliphatic carbocycles. The minimum absolute atomic E-state index is 0.0731. The smallest absolute Gasteiger partial charge is 0.331 e. The highest BCUT2D eigenvalue weighted by Crippen LogP contribution is 1.86. The van der Waals surface area contributed by atoms with E-state index >= 15 is 0 Å². The van der Waals surface area contributed by atoms with Crippen molar-refractivity contribution in [3.05, 3.63) is 45.3 Å². The number of carbonyl (C=O) groups is 2. The SMILES string of the molecule is COC(=O)C=CC(=O)OCCn1ccc(=O)[nH]c1=O. The van der Waals surface area contributed by atoms with Gasteiger partial charge in [0.25, 0.3) is 5.56 Å². The summed E-state index contributed by atoms with van der Waals surface area (Å²) in [5.74, 6) is -1.41. The highest BCUT2D eigenvalue weighted by atomic mass is 16.5. The summed E-state index contributed by atoms with van der Waals surface area (Å²) in [5.41, 5.74) is -1.09. The van der Waals surface area contributed by atoms with Gasteiger partial charge < -0.3 is 9.47 Å². The Morgan fingerprint density at radius 1 is 1.32 bits per heavy atom. The summed E-state index contributed by atoms with van der Waals surface area (Å²) >= 11 is 0. The van der Waals surface area contributed by atoms with Gasteiger partial charge in [-0.2, -0.15) is 0 Å². The maximum atomic E-state index is 11.3. The van der Waals surface area contributed by atoms with Crippen molar-refractivity contribution in [3.8, 4) is 0 Å². The van der Waals surface area contributed by atoms with Gasteiger partial charge in [-0.1, -0.05) is 0 Å². The third-order valence-electron chi connectivity index (χ3n) is 2.03. The van der Waals surface area contributed by atoms with Crippen LogP contribution in [0.2, 0.25) is 0 Å². The van der Waals surface area contributed by atoms with Crippen molar-refractivity contribution in [2.75, 3.05) is 13.7 Å². The molecule has 0 atom stereocenters. The molecule has 0 aliphatic rings. The average Bonchev–Trinajstić information content (AvgIpc) is 2.38. The van der Waals surface area contributed by atoms with Gasteiger partial charge in [-0.15, -0.1) is 0 Å². The van der Waals surface area contributed by atoms with E-state index in [0.717, 1.165) is 12.2 Å². The number of carbonyl (C=O) groups excluding carboxylic acids is 2. The van der Waals surface area contributed by atoms with Gasteiger partial charge in [0, 0.05) is 24.4 Å². The molecule has 1 aromatic rings. The van der Waals surface area contributed by atoms with E-state index in [4.69, 9.17) is 4.74 Å². The van der Waals surface area contributed by atoms with E-state index in [0.29, 0.717) is 0 Å². The first-order valence-electron chi connectivity index (χ1n) is 5.25. The molecule has 0 amide bonds. The van der Waals surface area contributed by atoms with E-state index in [2.05, 4.69) is 9.72 Å². The summed E-state index contributed by atoms with van der Waals surface area (Å²) in [4.78, 5) is 45.9. The average molecular weight is 268 g/mol. The molecule has 1 rings (SSSR count). The highest BCUT2D eigenvalue weighted by molar-refractivity contribution is 5.91. The molecule has 19 heavy (non-hydrogen) atoms. The van der Waals surface area contributed by atoms with Crippen LogP contribution in [0.25, 0.3) is 0 Å². The Kier molecular flexibility index (Phi) is 5.27. The standard InChI is InChI=1S/C11H12N2O6/c1-18-9(15)2-3-10(16)19-7-6-13-5-4-8(14)12-11(13)17/h2-5H,6-7H2,1H3,(H,12,14,17). The van der Waals surface area contributed by atoms with Crippen LogP contribution in [0.15, 0.2) is 34.0 Å². The molecule has 8 heteroatoms. The first-order valence-corrected chi connectivity index (χ1v) is 5.25. The number of nitrogens with one attached hydrogen (secondary N) is 1. The first-order chi connectivity index (χ1) is 9.02. The Labute approximate surface area is 107 Å². The fourth-order valence-corrected chi connectivity index (χ4v) is 1.12. The zero-order valence-electron chi connectivity index (χ0n) is 10.1. The molecule has 1 aromatic heterocycles. The lowest BCUT2D eigenvalue weighted by molar-refractivity contribution is -0.139. The molecule has 1 N–H and O–H groups in total. The number of H-pyrrole nitrogens is 1. The molecule has 0 aromatic carbocycles. The predicted molar refractivity (Wildman–Crippen MR) is 63.4 cm³/mol. The van der Waals surface area contributed by atoms with Crippen LogP contribution in [-0.2, 0) is 25.6 Å². The summed E-state index contributed by atoms with van der Waals surface area (Å²) in [5, 5.41) is 0. The molecule has 0 saturated carbocycles. The fourth-order valence-electron chi connectivity index (χ4n) is 1.12. The van der Waals surface area contributed by atoms with Crippen molar-refractivity contribution >= 4 is 11.9 Å². The van der Waals surface area contributed by atoms with Crippen LogP contribution in [0.3, 0.4) is 0 Å². The van der Waals surface area contributed by atoms with Gasteiger partial charge in [-0.3, -0.25) is 14.3 Å². The van der Waals surface area contributed by atoms with E-state index in [1.54, 1.807) is 0 Å². The zero-order valence-corrected chi connectivity index (χ0v) is 10.1. The quantitative estimate of drug-likeness (QED) is 0.531. The Bertz CT molecular complexity index is 598. The zero-order chi connectivity index (χ0) is 14.3. The summed E-state index contributed by atoms with van der Waals surface area (Å²) in [7, 11) is 1.18. The van der Waals surface area contributed by atoms with Crippen LogP contribution < -0.4 is 11.2 Å². The highest BCUT2D eigenvalue weighted by Gasteiger charge is 2.01. The third-order valence-corrected chi connectivity index (χ3v) is 2.03. The van der Waals surface area contributed by atoms with Crippen LogP contribution in [0.4, 0.5) is 0 Å².